The fraction of sp³-hybridized carbons (Fsp3) is 0.667. The third-order valence-electron chi connectivity index (χ3n) is 3.40. The van der Waals surface area contributed by atoms with Crippen molar-refractivity contribution in [3.63, 3.8) is 0 Å². The van der Waals surface area contributed by atoms with Crippen molar-refractivity contribution < 1.29 is 14.3 Å². The maximum absolute atomic E-state index is 12.2. The van der Waals surface area contributed by atoms with Gasteiger partial charge in [-0.3, -0.25) is 9.89 Å². The number of hydrogen-bond donors (Lipinski definition) is 2. The number of halogens is 1. The van der Waals surface area contributed by atoms with Gasteiger partial charge in [-0.25, -0.2) is 4.79 Å². The van der Waals surface area contributed by atoms with Crippen LogP contribution in [0.25, 0.3) is 0 Å². The van der Waals surface area contributed by atoms with Crippen LogP contribution < -0.4 is 5.32 Å². The van der Waals surface area contributed by atoms with Gasteiger partial charge in [-0.15, -0.1) is 11.6 Å². The molecule has 2 N–H and O–H groups in total. The number of nitrogens with zero attached hydrogens (tertiary/aromatic N) is 2. The lowest BCUT2D eigenvalue weighted by Crippen LogP contribution is -2.40. The summed E-state index contributed by atoms with van der Waals surface area (Å²) in [5.74, 6) is 0.240. The first kappa shape index (κ1) is 17.6. The molecule has 0 unspecified atom stereocenters. The number of carbonyl (C=O) groups excluding carboxylic acids is 2. The van der Waals surface area contributed by atoms with E-state index < -0.39 is 5.60 Å². The van der Waals surface area contributed by atoms with Gasteiger partial charge >= 0.3 is 6.09 Å². The third kappa shape index (κ3) is 4.60. The summed E-state index contributed by atoms with van der Waals surface area (Å²) in [6, 6.07) is 0. The minimum absolute atomic E-state index is 0.251. The molecule has 128 valence electrons. The molecule has 0 atom stereocenters. The Morgan fingerprint density at radius 1 is 1.43 bits per heavy atom. The topological polar surface area (TPSA) is 87.3 Å². The van der Waals surface area contributed by atoms with E-state index in [1.54, 1.807) is 4.90 Å². The van der Waals surface area contributed by atoms with Gasteiger partial charge in [0, 0.05) is 36.6 Å². The SMILES string of the molecule is CC(C)(C)OC(=O)N1CCc2[nH]nc(C(=O)NCCCCl)c2C1. The molecule has 1 aliphatic heterocycles. The summed E-state index contributed by atoms with van der Waals surface area (Å²) < 4.78 is 5.39. The highest BCUT2D eigenvalue weighted by atomic mass is 35.5. The first-order chi connectivity index (χ1) is 10.8. The number of fused-ring (bicyclic) bond motifs is 1. The maximum atomic E-state index is 12.2. The van der Waals surface area contributed by atoms with Crippen LogP contribution in [0.15, 0.2) is 0 Å². The Morgan fingerprint density at radius 2 is 2.17 bits per heavy atom. The Hall–Kier alpha value is -1.76. The number of amides is 2. The average molecular weight is 343 g/mol. The second kappa shape index (κ2) is 7.21. The quantitative estimate of drug-likeness (QED) is 0.647. The summed E-state index contributed by atoms with van der Waals surface area (Å²) in [6.45, 7) is 6.84. The van der Waals surface area contributed by atoms with Gasteiger partial charge in [-0.1, -0.05) is 0 Å². The second-order valence-corrected chi connectivity index (χ2v) is 6.86. The smallest absolute Gasteiger partial charge is 0.410 e. The second-order valence-electron chi connectivity index (χ2n) is 6.48. The minimum Gasteiger partial charge on any atom is -0.444 e. The number of ether oxygens (including phenoxy) is 1. The largest absolute Gasteiger partial charge is 0.444 e. The van der Waals surface area contributed by atoms with Crippen LogP contribution in [-0.4, -0.2) is 51.7 Å². The zero-order valence-electron chi connectivity index (χ0n) is 13.7. The highest BCUT2D eigenvalue weighted by molar-refractivity contribution is 6.17. The van der Waals surface area contributed by atoms with E-state index in [1.165, 1.54) is 0 Å². The van der Waals surface area contributed by atoms with Crippen molar-refractivity contribution in [3.05, 3.63) is 17.0 Å². The van der Waals surface area contributed by atoms with Gasteiger partial charge in [-0.05, 0) is 27.2 Å². The van der Waals surface area contributed by atoms with Gasteiger partial charge in [0.2, 0.25) is 0 Å². The molecule has 0 aliphatic carbocycles. The van der Waals surface area contributed by atoms with E-state index in [9.17, 15) is 9.59 Å². The van der Waals surface area contributed by atoms with E-state index in [0.29, 0.717) is 44.0 Å². The zero-order valence-corrected chi connectivity index (χ0v) is 14.5. The number of H-pyrrole nitrogens is 1. The van der Waals surface area contributed by atoms with Crippen LogP contribution in [-0.2, 0) is 17.7 Å². The van der Waals surface area contributed by atoms with E-state index in [1.807, 2.05) is 20.8 Å². The highest BCUT2D eigenvalue weighted by Crippen LogP contribution is 2.22. The van der Waals surface area contributed by atoms with E-state index in [2.05, 4.69) is 15.5 Å². The van der Waals surface area contributed by atoms with Gasteiger partial charge in [-0.2, -0.15) is 5.10 Å². The molecule has 0 aromatic carbocycles. The molecule has 23 heavy (non-hydrogen) atoms. The number of nitrogens with one attached hydrogen (secondary N) is 2. The Morgan fingerprint density at radius 3 is 2.83 bits per heavy atom. The molecule has 0 bridgehead atoms. The number of rotatable bonds is 4. The normalized spacial score (nSPS) is 14.3. The van der Waals surface area contributed by atoms with Crippen molar-refractivity contribution in [2.24, 2.45) is 0 Å². The number of aromatic nitrogens is 2. The van der Waals surface area contributed by atoms with E-state index in [4.69, 9.17) is 16.3 Å². The lowest BCUT2D eigenvalue weighted by molar-refractivity contribution is 0.0222. The van der Waals surface area contributed by atoms with Crippen LogP contribution in [0, 0.1) is 0 Å². The molecule has 1 aliphatic rings. The monoisotopic (exact) mass is 342 g/mol. The van der Waals surface area contributed by atoms with E-state index >= 15 is 0 Å². The molecule has 0 saturated carbocycles. The Kier molecular flexibility index (Phi) is 5.51. The molecular formula is C15H23ClN4O3. The molecule has 1 aromatic heterocycles. The molecular weight excluding hydrogens is 320 g/mol. The number of aromatic amines is 1. The molecule has 8 heteroatoms. The molecule has 2 rings (SSSR count). The van der Waals surface area contributed by atoms with Crippen molar-refractivity contribution in [1.29, 1.82) is 0 Å². The lowest BCUT2D eigenvalue weighted by atomic mass is 10.1. The summed E-state index contributed by atoms with van der Waals surface area (Å²) in [5.41, 5.74) is 1.44. The summed E-state index contributed by atoms with van der Waals surface area (Å²) in [4.78, 5) is 26.0. The molecule has 2 heterocycles. The molecule has 0 spiro atoms. The Bertz CT molecular complexity index is 580. The summed E-state index contributed by atoms with van der Waals surface area (Å²) >= 11 is 5.60. The molecule has 0 fully saturated rings. The van der Waals surface area contributed by atoms with Gasteiger partial charge in [0.05, 0.1) is 6.54 Å². The molecule has 0 saturated heterocycles. The summed E-state index contributed by atoms with van der Waals surface area (Å²) in [5, 5.41) is 9.76. The average Bonchev–Trinajstić information content (AvgIpc) is 2.88. The number of carbonyl (C=O) groups is 2. The summed E-state index contributed by atoms with van der Waals surface area (Å²) in [7, 11) is 0. The van der Waals surface area contributed by atoms with Crippen LogP contribution in [0.4, 0.5) is 4.79 Å². The Balaban J connectivity index is 2.06. The number of hydrogen-bond acceptors (Lipinski definition) is 4. The van der Waals surface area contributed by atoms with Crippen LogP contribution in [0.2, 0.25) is 0 Å². The van der Waals surface area contributed by atoms with Crippen molar-refractivity contribution in [2.45, 2.75) is 45.8 Å². The minimum atomic E-state index is -0.546. The summed E-state index contributed by atoms with van der Waals surface area (Å²) in [6.07, 6.45) is 0.943. The predicted molar refractivity (Wildman–Crippen MR) is 86.6 cm³/mol. The van der Waals surface area contributed by atoms with Gasteiger partial charge in [0.25, 0.3) is 5.91 Å². The first-order valence-corrected chi connectivity index (χ1v) is 8.23. The van der Waals surface area contributed by atoms with Gasteiger partial charge in [0.15, 0.2) is 5.69 Å². The van der Waals surface area contributed by atoms with Crippen molar-refractivity contribution in [2.75, 3.05) is 19.0 Å². The van der Waals surface area contributed by atoms with Gasteiger partial charge < -0.3 is 15.0 Å². The molecule has 7 nitrogen and oxygen atoms in total. The zero-order chi connectivity index (χ0) is 17.0. The first-order valence-electron chi connectivity index (χ1n) is 7.70. The fourth-order valence-corrected chi connectivity index (χ4v) is 2.45. The maximum Gasteiger partial charge on any atom is 0.410 e. The van der Waals surface area contributed by atoms with Crippen LogP contribution in [0.5, 0.6) is 0 Å². The van der Waals surface area contributed by atoms with Gasteiger partial charge in [0.1, 0.15) is 5.60 Å². The van der Waals surface area contributed by atoms with E-state index in [-0.39, 0.29) is 12.0 Å². The van der Waals surface area contributed by atoms with Crippen LogP contribution >= 0.6 is 11.6 Å². The highest BCUT2D eigenvalue weighted by Gasteiger charge is 2.30. The van der Waals surface area contributed by atoms with Crippen molar-refractivity contribution >= 4 is 23.6 Å². The van der Waals surface area contributed by atoms with Crippen LogP contribution in [0.3, 0.4) is 0 Å². The van der Waals surface area contributed by atoms with E-state index in [0.717, 1.165) is 11.3 Å². The molecule has 0 radical (unpaired) electrons. The standard InChI is InChI=1S/C15H23ClN4O3/c1-15(2,3)23-14(22)20-8-5-11-10(9-20)12(19-18-11)13(21)17-7-4-6-16/h4-9H2,1-3H3,(H,17,21)(H,18,19). The molecule has 2 amide bonds. The fourth-order valence-electron chi connectivity index (χ4n) is 2.32. The molecule has 1 aromatic rings. The Labute approximate surface area is 140 Å². The third-order valence-corrected chi connectivity index (χ3v) is 3.66. The lowest BCUT2D eigenvalue weighted by Gasteiger charge is -2.30. The van der Waals surface area contributed by atoms with Crippen molar-refractivity contribution in [3.8, 4) is 0 Å². The van der Waals surface area contributed by atoms with Crippen molar-refractivity contribution in [1.82, 2.24) is 20.4 Å². The predicted octanol–water partition coefficient (Wildman–Crippen LogP) is 2.06. The number of alkyl halides is 1. The van der Waals surface area contributed by atoms with Crippen LogP contribution in [0.1, 0.15) is 48.9 Å².